The average Bonchev–Trinajstić information content (AvgIpc) is 2.60. The van der Waals surface area contributed by atoms with Crippen molar-refractivity contribution in [1.29, 1.82) is 0 Å². The van der Waals surface area contributed by atoms with Crippen molar-refractivity contribution in [3.05, 3.63) is 0 Å². The maximum absolute atomic E-state index is 11.9. The Labute approximate surface area is 103 Å². The molecule has 0 amide bonds. The highest BCUT2D eigenvalue weighted by atomic mass is 32.2. The number of esters is 1. The Hall–Kier alpha value is -0.800. The van der Waals surface area contributed by atoms with E-state index < -0.39 is 39.1 Å². The minimum atomic E-state index is -3.96. The van der Waals surface area contributed by atoms with E-state index in [2.05, 4.69) is 4.74 Å². The lowest BCUT2D eigenvalue weighted by molar-refractivity contribution is -0.141. The molecule has 1 rings (SSSR count). The van der Waals surface area contributed by atoms with Crippen LogP contribution in [0.1, 0.15) is 6.92 Å². The van der Waals surface area contributed by atoms with Gasteiger partial charge < -0.3 is 9.84 Å². The van der Waals surface area contributed by atoms with Crippen LogP contribution in [0, 0.1) is 0 Å². The Morgan fingerprint density at radius 2 is 2.12 bits per heavy atom. The fraction of sp³-hybridized carbons (Fsp3) is 0.750. The number of carbonyl (C=O) groups is 2. The van der Waals surface area contributed by atoms with E-state index in [1.54, 1.807) is 6.92 Å². The second kappa shape index (κ2) is 5.23. The van der Waals surface area contributed by atoms with E-state index in [1.807, 2.05) is 0 Å². The maximum atomic E-state index is 11.9. The fourth-order valence-electron chi connectivity index (χ4n) is 1.51. The standard InChI is InChI=1S/C8H13NO6S2/c1-5-9(6(3-16-5)8(11)12)17(13,14)4-7(10)15-2/h5-6H,3-4H2,1-2H3,(H,11,12). The molecule has 98 valence electrons. The van der Waals surface area contributed by atoms with Crippen LogP contribution in [-0.2, 0) is 24.3 Å². The molecular formula is C8H13NO6S2. The van der Waals surface area contributed by atoms with Gasteiger partial charge in [-0.2, -0.15) is 4.31 Å². The number of methoxy groups -OCH3 is 1. The maximum Gasteiger partial charge on any atom is 0.322 e. The van der Waals surface area contributed by atoms with Gasteiger partial charge in [0.2, 0.25) is 10.0 Å². The molecule has 0 saturated carbocycles. The monoisotopic (exact) mass is 283 g/mol. The zero-order valence-electron chi connectivity index (χ0n) is 9.32. The van der Waals surface area contributed by atoms with Gasteiger partial charge in [0.05, 0.1) is 12.5 Å². The Kier molecular flexibility index (Phi) is 4.39. The second-order valence-electron chi connectivity index (χ2n) is 3.45. The van der Waals surface area contributed by atoms with E-state index in [-0.39, 0.29) is 5.75 Å². The number of aliphatic carboxylic acids is 1. The summed E-state index contributed by atoms with van der Waals surface area (Å²) in [6.45, 7) is 1.59. The number of thioether (sulfide) groups is 1. The van der Waals surface area contributed by atoms with Gasteiger partial charge in [-0.1, -0.05) is 0 Å². The number of carboxylic acids is 1. The Bertz CT molecular complexity index is 420. The molecule has 7 nitrogen and oxygen atoms in total. The normalized spacial score (nSPS) is 25.8. The van der Waals surface area contributed by atoms with Crippen LogP contribution < -0.4 is 0 Å². The molecule has 0 bridgehead atoms. The molecule has 0 spiro atoms. The summed E-state index contributed by atoms with van der Waals surface area (Å²) >= 11 is 1.22. The first-order chi connectivity index (χ1) is 7.79. The Morgan fingerprint density at radius 1 is 1.53 bits per heavy atom. The highest BCUT2D eigenvalue weighted by Crippen LogP contribution is 2.31. The van der Waals surface area contributed by atoms with Crippen LogP contribution in [0.15, 0.2) is 0 Å². The fourth-order valence-corrected chi connectivity index (χ4v) is 4.81. The summed E-state index contributed by atoms with van der Waals surface area (Å²) in [4.78, 5) is 21.9. The minimum absolute atomic E-state index is 0.177. The number of hydrogen-bond acceptors (Lipinski definition) is 6. The van der Waals surface area contributed by atoms with Crippen LogP contribution in [0.2, 0.25) is 0 Å². The number of sulfonamides is 1. The first-order valence-corrected chi connectivity index (χ1v) is 7.38. The molecule has 1 aliphatic heterocycles. The van der Waals surface area contributed by atoms with E-state index in [1.165, 1.54) is 11.8 Å². The van der Waals surface area contributed by atoms with Crippen LogP contribution in [0.3, 0.4) is 0 Å². The molecule has 17 heavy (non-hydrogen) atoms. The molecule has 1 heterocycles. The molecule has 9 heteroatoms. The van der Waals surface area contributed by atoms with Crippen molar-refractivity contribution in [1.82, 2.24) is 4.31 Å². The van der Waals surface area contributed by atoms with Crippen LogP contribution in [0.25, 0.3) is 0 Å². The molecule has 0 aromatic rings. The number of hydrogen-bond donors (Lipinski definition) is 1. The largest absolute Gasteiger partial charge is 0.480 e. The zero-order chi connectivity index (χ0) is 13.2. The van der Waals surface area contributed by atoms with E-state index in [0.717, 1.165) is 11.4 Å². The highest BCUT2D eigenvalue weighted by molar-refractivity contribution is 8.01. The second-order valence-corrected chi connectivity index (χ2v) is 6.67. The van der Waals surface area contributed by atoms with Crippen molar-refractivity contribution in [2.75, 3.05) is 18.6 Å². The minimum Gasteiger partial charge on any atom is -0.480 e. The summed E-state index contributed by atoms with van der Waals surface area (Å²) in [6.07, 6.45) is 0. The van der Waals surface area contributed by atoms with Gasteiger partial charge in [-0.05, 0) is 6.92 Å². The van der Waals surface area contributed by atoms with Crippen LogP contribution in [-0.4, -0.2) is 59.8 Å². The summed E-state index contributed by atoms with van der Waals surface area (Å²) in [7, 11) is -2.88. The van der Waals surface area contributed by atoms with E-state index >= 15 is 0 Å². The average molecular weight is 283 g/mol. The van der Waals surface area contributed by atoms with Crippen molar-refractivity contribution in [2.24, 2.45) is 0 Å². The highest BCUT2D eigenvalue weighted by Gasteiger charge is 2.44. The SMILES string of the molecule is COC(=O)CS(=O)(=O)N1C(C)SCC1C(=O)O. The third-order valence-electron chi connectivity index (χ3n) is 2.30. The van der Waals surface area contributed by atoms with E-state index in [4.69, 9.17) is 5.11 Å². The predicted octanol–water partition coefficient (Wildman–Crippen LogP) is -0.663. The third-order valence-corrected chi connectivity index (χ3v) is 5.46. The van der Waals surface area contributed by atoms with Crippen molar-refractivity contribution >= 4 is 33.7 Å². The van der Waals surface area contributed by atoms with Crippen LogP contribution >= 0.6 is 11.8 Å². The predicted molar refractivity (Wildman–Crippen MR) is 61.0 cm³/mol. The molecule has 0 aliphatic carbocycles. The van der Waals surface area contributed by atoms with Gasteiger partial charge >= 0.3 is 11.9 Å². The molecule has 0 aromatic heterocycles. The zero-order valence-corrected chi connectivity index (χ0v) is 11.0. The van der Waals surface area contributed by atoms with Crippen LogP contribution in [0.5, 0.6) is 0 Å². The lowest BCUT2D eigenvalue weighted by atomic mass is 10.3. The summed E-state index contributed by atoms with van der Waals surface area (Å²) in [5.74, 6) is -2.77. The number of nitrogens with zero attached hydrogens (tertiary/aromatic N) is 1. The van der Waals surface area contributed by atoms with Crippen molar-refractivity contribution in [3.63, 3.8) is 0 Å². The first kappa shape index (κ1) is 14.3. The van der Waals surface area contributed by atoms with Gasteiger partial charge in [-0.25, -0.2) is 8.42 Å². The summed E-state index contributed by atoms with van der Waals surface area (Å²) < 4.78 is 28.9. The third kappa shape index (κ3) is 3.11. The molecule has 1 N–H and O–H groups in total. The molecule has 1 aliphatic rings. The van der Waals surface area contributed by atoms with Gasteiger partial charge in [-0.3, -0.25) is 9.59 Å². The van der Waals surface area contributed by atoms with Gasteiger partial charge in [0, 0.05) is 5.75 Å². The molecule has 0 aromatic carbocycles. The molecule has 0 radical (unpaired) electrons. The lowest BCUT2D eigenvalue weighted by Gasteiger charge is -2.23. The number of rotatable bonds is 4. The Balaban J connectivity index is 2.95. The summed E-state index contributed by atoms with van der Waals surface area (Å²) in [6, 6.07) is -1.12. The quantitative estimate of drug-likeness (QED) is 0.683. The summed E-state index contributed by atoms with van der Waals surface area (Å²) in [5.41, 5.74) is 0. The number of ether oxygens (including phenoxy) is 1. The Morgan fingerprint density at radius 3 is 2.59 bits per heavy atom. The molecule has 2 atom stereocenters. The van der Waals surface area contributed by atoms with E-state index in [0.29, 0.717) is 0 Å². The molecule has 1 saturated heterocycles. The summed E-state index contributed by atoms with van der Waals surface area (Å²) in [5, 5.41) is 8.43. The van der Waals surface area contributed by atoms with E-state index in [9.17, 15) is 18.0 Å². The molecule has 2 unspecified atom stereocenters. The van der Waals surface area contributed by atoms with Crippen molar-refractivity contribution < 1.29 is 27.9 Å². The smallest absolute Gasteiger partial charge is 0.322 e. The first-order valence-electron chi connectivity index (χ1n) is 4.72. The van der Waals surface area contributed by atoms with Gasteiger partial charge in [0.15, 0.2) is 5.75 Å². The van der Waals surface area contributed by atoms with Gasteiger partial charge in [-0.15, -0.1) is 11.8 Å². The lowest BCUT2D eigenvalue weighted by Crippen LogP contribution is -2.46. The van der Waals surface area contributed by atoms with Crippen molar-refractivity contribution in [2.45, 2.75) is 18.3 Å². The number of carbonyl (C=O) groups excluding carboxylic acids is 1. The van der Waals surface area contributed by atoms with Gasteiger partial charge in [0.25, 0.3) is 0 Å². The van der Waals surface area contributed by atoms with Crippen molar-refractivity contribution in [3.8, 4) is 0 Å². The molecule has 1 fully saturated rings. The number of carboxylic acid groups (broad SMARTS) is 1. The van der Waals surface area contributed by atoms with Gasteiger partial charge in [0.1, 0.15) is 6.04 Å². The van der Waals surface area contributed by atoms with Crippen LogP contribution in [0.4, 0.5) is 0 Å². The molecular weight excluding hydrogens is 270 g/mol. The topological polar surface area (TPSA) is 101 Å².